The Kier molecular flexibility index (Phi) is 5.01. The number of carbonyl (C=O) groups is 2. The molecule has 23 heavy (non-hydrogen) atoms. The van der Waals surface area contributed by atoms with Crippen LogP contribution in [0.3, 0.4) is 0 Å². The molecule has 1 heterocycles. The zero-order valence-electron chi connectivity index (χ0n) is 13.8. The SMILES string of the molecule is CC(C)(C)OC(=O)[N@@+]1(Cc2cccc(Cl)c2)CCCC1C(N)=O. The summed E-state index contributed by atoms with van der Waals surface area (Å²) in [5.74, 6) is -0.463. The molecule has 5 nitrogen and oxygen atoms in total. The van der Waals surface area contributed by atoms with E-state index in [1.165, 1.54) is 0 Å². The number of halogens is 1. The molecule has 2 atom stereocenters. The number of likely N-dealkylation sites (tertiary alicyclic amines) is 1. The van der Waals surface area contributed by atoms with Crippen molar-refractivity contribution in [2.24, 2.45) is 5.73 Å². The van der Waals surface area contributed by atoms with E-state index in [1.807, 2.05) is 39.0 Å². The highest BCUT2D eigenvalue weighted by molar-refractivity contribution is 6.30. The van der Waals surface area contributed by atoms with Crippen LogP contribution in [0.2, 0.25) is 5.02 Å². The predicted molar refractivity (Wildman–Crippen MR) is 88.7 cm³/mol. The first-order valence-electron chi connectivity index (χ1n) is 7.78. The quantitative estimate of drug-likeness (QED) is 0.859. The minimum absolute atomic E-state index is 0.0903. The number of hydrogen-bond acceptors (Lipinski definition) is 3. The van der Waals surface area contributed by atoms with Crippen LogP contribution >= 0.6 is 11.6 Å². The fourth-order valence-corrected chi connectivity index (χ4v) is 3.35. The van der Waals surface area contributed by atoms with Gasteiger partial charge in [0, 0.05) is 23.4 Å². The molecule has 2 amide bonds. The Morgan fingerprint density at radius 1 is 1.39 bits per heavy atom. The van der Waals surface area contributed by atoms with Crippen LogP contribution < -0.4 is 5.73 Å². The van der Waals surface area contributed by atoms with E-state index in [0.29, 0.717) is 24.5 Å². The van der Waals surface area contributed by atoms with Gasteiger partial charge in [-0.25, -0.2) is 4.48 Å². The van der Waals surface area contributed by atoms with Gasteiger partial charge in [-0.2, -0.15) is 4.79 Å². The van der Waals surface area contributed by atoms with Crippen molar-refractivity contribution in [2.45, 2.75) is 51.8 Å². The summed E-state index contributed by atoms with van der Waals surface area (Å²) in [4.78, 5) is 24.8. The molecule has 0 bridgehead atoms. The first-order chi connectivity index (χ1) is 10.6. The molecular formula is C17H24ClN2O3+. The van der Waals surface area contributed by atoms with E-state index in [0.717, 1.165) is 12.0 Å². The summed E-state index contributed by atoms with van der Waals surface area (Å²) in [6.07, 6.45) is 0.946. The summed E-state index contributed by atoms with van der Waals surface area (Å²) in [6, 6.07) is 6.75. The summed E-state index contributed by atoms with van der Waals surface area (Å²) < 4.78 is 5.51. The molecule has 0 spiro atoms. The van der Waals surface area contributed by atoms with E-state index >= 15 is 0 Å². The largest absolute Gasteiger partial charge is 0.517 e. The lowest BCUT2D eigenvalue weighted by atomic mass is 10.1. The Morgan fingerprint density at radius 3 is 2.65 bits per heavy atom. The molecule has 1 aliphatic heterocycles. The first-order valence-corrected chi connectivity index (χ1v) is 8.16. The van der Waals surface area contributed by atoms with Gasteiger partial charge in [0.1, 0.15) is 12.1 Å². The molecule has 0 saturated carbocycles. The number of nitrogens with zero attached hydrogens (tertiary/aromatic N) is 1. The van der Waals surface area contributed by atoms with Crippen molar-refractivity contribution in [2.75, 3.05) is 6.54 Å². The maximum absolute atomic E-state index is 12.9. The second-order valence-electron chi connectivity index (χ2n) is 7.09. The van der Waals surface area contributed by atoms with E-state index in [-0.39, 0.29) is 4.48 Å². The van der Waals surface area contributed by atoms with Gasteiger partial charge in [0.15, 0.2) is 6.04 Å². The number of rotatable bonds is 3. The molecule has 2 rings (SSSR count). The summed E-state index contributed by atoms with van der Waals surface area (Å²) >= 11 is 6.05. The first kappa shape index (κ1) is 17.8. The number of benzene rings is 1. The highest BCUT2D eigenvalue weighted by atomic mass is 35.5. The molecule has 1 aliphatic rings. The fourth-order valence-electron chi connectivity index (χ4n) is 3.14. The summed E-state index contributed by atoms with van der Waals surface area (Å²) in [7, 11) is 0. The van der Waals surface area contributed by atoms with Crippen LogP contribution in [0.1, 0.15) is 39.2 Å². The topological polar surface area (TPSA) is 69.4 Å². The number of nitrogens with two attached hydrogens (primary N) is 1. The minimum atomic E-state index is -0.624. The van der Waals surface area contributed by atoms with Crippen molar-refractivity contribution in [3.63, 3.8) is 0 Å². The van der Waals surface area contributed by atoms with Gasteiger partial charge in [-0.15, -0.1) is 0 Å². The number of ether oxygens (including phenoxy) is 1. The Labute approximate surface area is 141 Å². The Balaban J connectivity index is 2.39. The number of carbonyl (C=O) groups excluding carboxylic acids is 2. The predicted octanol–water partition coefficient (Wildman–Crippen LogP) is 3.24. The molecule has 6 heteroatoms. The van der Waals surface area contributed by atoms with Crippen LogP contribution in [0.4, 0.5) is 4.79 Å². The fraction of sp³-hybridized carbons (Fsp3) is 0.529. The highest BCUT2D eigenvalue weighted by Gasteiger charge is 2.53. The van der Waals surface area contributed by atoms with Crippen molar-refractivity contribution in [1.29, 1.82) is 0 Å². The molecule has 126 valence electrons. The smallest absolute Gasteiger partial charge is 0.414 e. The van der Waals surface area contributed by atoms with Crippen molar-refractivity contribution in [3.8, 4) is 0 Å². The van der Waals surface area contributed by atoms with E-state index < -0.39 is 23.6 Å². The van der Waals surface area contributed by atoms with Gasteiger partial charge in [0.05, 0.1) is 6.54 Å². The van der Waals surface area contributed by atoms with E-state index in [2.05, 4.69) is 0 Å². The van der Waals surface area contributed by atoms with E-state index in [9.17, 15) is 9.59 Å². The highest BCUT2D eigenvalue weighted by Crippen LogP contribution is 2.33. The van der Waals surface area contributed by atoms with Crippen molar-refractivity contribution < 1.29 is 18.8 Å². The maximum atomic E-state index is 12.9. The van der Waals surface area contributed by atoms with Gasteiger partial charge in [-0.05, 0) is 32.9 Å². The van der Waals surface area contributed by atoms with Crippen LogP contribution in [-0.2, 0) is 16.1 Å². The number of hydrogen-bond donors (Lipinski definition) is 1. The number of amides is 2. The average molecular weight is 340 g/mol. The summed E-state index contributed by atoms with van der Waals surface area (Å²) in [5.41, 5.74) is 5.83. The van der Waals surface area contributed by atoms with Gasteiger partial charge in [-0.3, -0.25) is 4.79 Å². The Bertz CT molecular complexity index is 612. The zero-order chi connectivity index (χ0) is 17.3. The van der Waals surface area contributed by atoms with Gasteiger partial charge in [-0.1, -0.05) is 23.7 Å². The number of primary amides is 1. The molecule has 1 aromatic rings. The second-order valence-corrected chi connectivity index (χ2v) is 7.52. The third-order valence-electron chi connectivity index (χ3n) is 4.07. The lowest BCUT2D eigenvalue weighted by Crippen LogP contribution is -2.60. The zero-order valence-corrected chi connectivity index (χ0v) is 14.6. The normalized spacial score (nSPS) is 24.4. The van der Waals surface area contributed by atoms with Crippen LogP contribution in [0.15, 0.2) is 24.3 Å². The molecule has 1 saturated heterocycles. The van der Waals surface area contributed by atoms with Crippen LogP contribution in [-0.4, -0.2) is 34.7 Å². The van der Waals surface area contributed by atoms with E-state index in [1.54, 1.807) is 6.07 Å². The maximum Gasteiger partial charge on any atom is 0.517 e. The third-order valence-corrected chi connectivity index (χ3v) is 4.31. The van der Waals surface area contributed by atoms with Crippen molar-refractivity contribution >= 4 is 23.6 Å². The lowest BCUT2D eigenvalue weighted by Gasteiger charge is -2.36. The van der Waals surface area contributed by atoms with Gasteiger partial charge < -0.3 is 10.5 Å². The van der Waals surface area contributed by atoms with Crippen molar-refractivity contribution in [1.82, 2.24) is 0 Å². The molecule has 0 aliphatic carbocycles. The number of quaternary nitrogens is 1. The monoisotopic (exact) mass is 339 g/mol. The molecule has 1 fully saturated rings. The summed E-state index contributed by atoms with van der Waals surface area (Å²) in [5, 5.41) is 0.597. The molecule has 1 unspecified atom stereocenters. The van der Waals surface area contributed by atoms with Crippen LogP contribution in [0, 0.1) is 0 Å². The van der Waals surface area contributed by atoms with Crippen LogP contribution in [0.5, 0.6) is 0 Å². The minimum Gasteiger partial charge on any atom is -0.414 e. The lowest BCUT2D eigenvalue weighted by molar-refractivity contribution is -0.874. The van der Waals surface area contributed by atoms with Crippen molar-refractivity contribution in [3.05, 3.63) is 34.9 Å². The molecular weight excluding hydrogens is 316 g/mol. The van der Waals surface area contributed by atoms with Gasteiger partial charge in [0.25, 0.3) is 5.91 Å². The third kappa shape index (κ3) is 4.03. The summed E-state index contributed by atoms with van der Waals surface area (Å²) in [6.45, 7) is 6.33. The van der Waals surface area contributed by atoms with Gasteiger partial charge >= 0.3 is 6.09 Å². The second kappa shape index (κ2) is 6.49. The molecule has 0 aromatic heterocycles. The van der Waals surface area contributed by atoms with Crippen LogP contribution in [0.25, 0.3) is 0 Å². The van der Waals surface area contributed by atoms with E-state index in [4.69, 9.17) is 22.1 Å². The Morgan fingerprint density at radius 2 is 2.09 bits per heavy atom. The standard InChI is InChI=1S/C17H23ClN2O3/c1-17(2,3)23-16(22)20(9-5-8-14(20)15(19)21)11-12-6-4-7-13(18)10-12/h4,6-7,10,14H,5,8-9,11H2,1-3H3,(H-,19,21)/p+1/t14?,20-/m1/s1. The molecule has 2 N–H and O–H groups in total. The average Bonchev–Trinajstić information content (AvgIpc) is 2.82. The molecule has 0 radical (unpaired) electrons. The molecule has 1 aromatic carbocycles. The Hall–Kier alpha value is -1.59. The van der Waals surface area contributed by atoms with Gasteiger partial charge in [0.2, 0.25) is 0 Å².